The van der Waals surface area contributed by atoms with Gasteiger partial charge in [-0.05, 0) is 29.5 Å². The molecule has 0 radical (unpaired) electrons. The first kappa shape index (κ1) is 19.2. The van der Waals surface area contributed by atoms with Crippen LogP contribution in [-0.4, -0.2) is 93.8 Å². The normalized spacial score (nSPS) is 28.0. The number of hydrogen-bond acceptors (Lipinski definition) is 6. The second-order valence-corrected chi connectivity index (χ2v) is 8.08. The van der Waals surface area contributed by atoms with Crippen molar-refractivity contribution in [1.29, 1.82) is 0 Å². The van der Waals surface area contributed by atoms with Gasteiger partial charge in [-0.2, -0.15) is 0 Å². The van der Waals surface area contributed by atoms with E-state index in [9.17, 15) is 5.11 Å². The van der Waals surface area contributed by atoms with Crippen LogP contribution < -0.4 is 4.90 Å². The van der Waals surface area contributed by atoms with Gasteiger partial charge in [0.1, 0.15) is 0 Å². The fourth-order valence-corrected chi connectivity index (χ4v) is 4.63. The van der Waals surface area contributed by atoms with Crippen LogP contribution in [0.1, 0.15) is 5.56 Å². The summed E-state index contributed by atoms with van der Waals surface area (Å²) in [4.78, 5) is 7.43. The van der Waals surface area contributed by atoms with Crippen LogP contribution in [-0.2, 0) is 16.0 Å². The highest BCUT2D eigenvalue weighted by Crippen LogP contribution is 2.27. The van der Waals surface area contributed by atoms with Crippen molar-refractivity contribution in [3.8, 4) is 0 Å². The van der Waals surface area contributed by atoms with Gasteiger partial charge in [0.15, 0.2) is 0 Å². The molecule has 2 atom stereocenters. The Morgan fingerprint density at radius 2 is 1.59 bits per heavy atom. The van der Waals surface area contributed by atoms with Gasteiger partial charge in [-0.25, -0.2) is 0 Å². The molecule has 27 heavy (non-hydrogen) atoms. The lowest BCUT2D eigenvalue weighted by molar-refractivity contribution is 0.0264. The van der Waals surface area contributed by atoms with Gasteiger partial charge in [0.2, 0.25) is 0 Å². The summed E-state index contributed by atoms with van der Waals surface area (Å²) >= 11 is 0. The molecule has 150 valence electrons. The van der Waals surface area contributed by atoms with Crippen molar-refractivity contribution in [2.75, 3.05) is 83.7 Å². The molecule has 3 aliphatic rings. The van der Waals surface area contributed by atoms with Gasteiger partial charge in [-0.15, -0.1) is 0 Å². The summed E-state index contributed by atoms with van der Waals surface area (Å²) in [6.45, 7) is 11.7. The Morgan fingerprint density at radius 3 is 2.33 bits per heavy atom. The fourth-order valence-electron chi connectivity index (χ4n) is 4.63. The molecule has 3 fully saturated rings. The van der Waals surface area contributed by atoms with Crippen LogP contribution in [0.25, 0.3) is 0 Å². The first-order chi connectivity index (χ1) is 13.3. The van der Waals surface area contributed by atoms with Crippen molar-refractivity contribution in [1.82, 2.24) is 9.80 Å². The largest absolute Gasteiger partial charge is 0.396 e. The van der Waals surface area contributed by atoms with E-state index in [1.807, 2.05) is 0 Å². The number of rotatable bonds is 6. The Bertz CT molecular complexity index is 588. The molecule has 6 nitrogen and oxygen atoms in total. The molecule has 0 amide bonds. The number of ether oxygens (including phenoxy) is 2. The summed E-state index contributed by atoms with van der Waals surface area (Å²) in [5.74, 6) is 0.936. The number of benzene rings is 1. The zero-order valence-electron chi connectivity index (χ0n) is 16.3. The van der Waals surface area contributed by atoms with Crippen LogP contribution >= 0.6 is 0 Å². The lowest BCUT2D eigenvalue weighted by atomic mass is 9.96. The zero-order chi connectivity index (χ0) is 18.5. The van der Waals surface area contributed by atoms with E-state index in [-0.39, 0.29) is 0 Å². The lowest BCUT2D eigenvalue weighted by Gasteiger charge is -2.30. The highest BCUT2D eigenvalue weighted by molar-refractivity contribution is 5.49. The molecule has 3 heterocycles. The number of anilines is 1. The maximum atomic E-state index is 9.88. The molecule has 4 rings (SSSR count). The van der Waals surface area contributed by atoms with E-state index in [0.717, 1.165) is 78.8 Å². The van der Waals surface area contributed by atoms with Gasteiger partial charge in [0, 0.05) is 64.7 Å². The molecule has 0 saturated carbocycles. The highest BCUT2D eigenvalue weighted by Gasteiger charge is 2.33. The van der Waals surface area contributed by atoms with Gasteiger partial charge in [-0.1, -0.05) is 12.1 Å². The molecule has 3 saturated heterocycles. The van der Waals surface area contributed by atoms with Gasteiger partial charge in [-0.3, -0.25) is 9.80 Å². The fraction of sp³-hybridized carbons (Fsp3) is 0.714. The molecule has 0 aliphatic carbocycles. The molecular weight excluding hydrogens is 342 g/mol. The minimum Gasteiger partial charge on any atom is -0.396 e. The van der Waals surface area contributed by atoms with Crippen molar-refractivity contribution in [2.24, 2.45) is 11.8 Å². The SMILES string of the molecule is OC[C@H]1CN(Cc2cccc(N3CCOCC3)c2)C[C@H]1CN1CCOCC1. The number of aliphatic hydroxyl groups is 1. The summed E-state index contributed by atoms with van der Waals surface area (Å²) in [7, 11) is 0. The molecule has 1 aromatic rings. The van der Waals surface area contributed by atoms with Crippen molar-refractivity contribution < 1.29 is 14.6 Å². The van der Waals surface area contributed by atoms with Crippen LogP contribution in [0, 0.1) is 11.8 Å². The predicted molar refractivity (Wildman–Crippen MR) is 106 cm³/mol. The van der Waals surface area contributed by atoms with E-state index in [1.165, 1.54) is 11.3 Å². The summed E-state index contributed by atoms with van der Waals surface area (Å²) in [5, 5.41) is 9.88. The summed E-state index contributed by atoms with van der Waals surface area (Å²) in [5.41, 5.74) is 2.67. The quantitative estimate of drug-likeness (QED) is 0.797. The van der Waals surface area contributed by atoms with Crippen LogP contribution in [0.2, 0.25) is 0 Å². The van der Waals surface area contributed by atoms with Crippen molar-refractivity contribution in [3.63, 3.8) is 0 Å². The highest BCUT2D eigenvalue weighted by atomic mass is 16.5. The monoisotopic (exact) mass is 375 g/mol. The zero-order valence-corrected chi connectivity index (χ0v) is 16.3. The number of nitrogens with zero attached hydrogens (tertiary/aromatic N) is 3. The average molecular weight is 376 g/mol. The number of likely N-dealkylation sites (tertiary alicyclic amines) is 1. The van der Waals surface area contributed by atoms with Gasteiger partial charge in [0.05, 0.1) is 26.4 Å². The van der Waals surface area contributed by atoms with E-state index in [0.29, 0.717) is 18.4 Å². The maximum absolute atomic E-state index is 9.88. The molecule has 0 bridgehead atoms. The van der Waals surface area contributed by atoms with Crippen LogP contribution in [0.4, 0.5) is 5.69 Å². The summed E-state index contributed by atoms with van der Waals surface area (Å²) in [6.07, 6.45) is 0. The molecule has 3 aliphatic heterocycles. The Labute approximate surface area is 162 Å². The van der Waals surface area contributed by atoms with E-state index in [2.05, 4.69) is 39.0 Å². The minimum atomic E-state index is 0.291. The number of morpholine rings is 2. The van der Waals surface area contributed by atoms with Gasteiger partial charge >= 0.3 is 0 Å². The van der Waals surface area contributed by atoms with Crippen molar-refractivity contribution in [2.45, 2.75) is 6.54 Å². The summed E-state index contributed by atoms with van der Waals surface area (Å²) < 4.78 is 10.9. The molecule has 6 heteroatoms. The predicted octanol–water partition coefficient (Wildman–Crippen LogP) is 0.896. The second kappa shape index (κ2) is 9.34. The third-order valence-electron chi connectivity index (χ3n) is 6.18. The van der Waals surface area contributed by atoms with Gasteiger partial charge < -0.3 is 19.5 Å². The van der Waals surface area contributed by atoms with Crippen LogP contribution in [0.15, 0.2) is 24.3 Å². The maximum Gasteiger partial charge on any atom is 0.0642 e. The first-order valence-electron chi connectivity index (χ1n) is 10.4. The van der Waals surface area contributed by atoms with Crippen LogP contribution in [0.3, 0.4) is 0 Å². The molecule has 0 aromatic heterocycles. The molecule has 0 unspecified atom stereocenters. The number of aliphatic hydroxyl groups excluding tert-OH is 1. The standard InChI is InChI=1S/C21H33N3O3/c25-17-20-16-23(15-19(20)14-22-4-8-26-9-5-22)13-18-2-1-3-21(12-18)24-6-10-27-11-7-24/h1-3,12,19-20,25H,4-11,13-17H2/t19-,20-/m1/s1. The Morgan fingerprint density at radius 1 is 0.889 bits per heavy atom. The first-order valence-corrected chi connectivity index (χ1v) is 10.4. The molecule has 1 aromatic carbocycles. The lowest BCUT2D eigenvalue weighted by Crippen LogP contribution is -2.41. The topological polar surface area (TPSA) is 48.4 Å². The van der Waals surface area contributed by atoms with Crippen LogP contribution in [0.5, 0.6) is 0 Å². The molecular formula is C21H33N3O3. The molecule has 0 spiro atoms. The van der Waals surface area contributed by atoms with E-state index < -0.39 is 0 Å². The van der Waals surface area contributed by atoms with Crippen molar-refractivity contribution in [3.05, 3.63) is 29.8 Å². The van der Waals surface area contributed by atoms with E-state index >= 15 is 0 Å². The van der Waals surface area contributed by atoms with E-state index in [1.54, 1.807) is 0 Å². The van der Waals surface area contributed by atoms with Crippen molar-refractivity contribution >= 4 is 5.69 Å². The third-order valence-corrected chi connectivity index (χ3v) is 6.18. The Kier molecular flexibility index (Phi) is 6.63. The smallest absolute Gasteiger partial charge is 0.0642 e. The Balaban J connectivity index is 1.35. The minimum absolute atomic E-state index is 0.291. The number of hydrogen-bond donors (Lipinski definition) is 1. The molecule has 1 N–H and O–H groups in total. The van der Waals surface area contributed by atoms with E-state index in [4.69, 9.17) is 9.47 Å². The van der Waals surface area contributed by atoms with Gasteiger partial charge in [0.25, 0.3) is 0 Å². The Hall–Kier alpha value is -1.18. The second-order valence-electron chi connectivity index (χ2n) is 8.08. The average Bonchev–Trinajstić information content (AvgIpc) is 3.11. The third kappa shape index (κ3) is 5.00. The summed E-state index contributed by atoms with van der Waals surface area (Å²) in [6, 6.07) is 8.93.